The van der Waals surface area contributed by atoms with E-state index < -0.39 is 0 Å². The Bertz CT molecular complexity index is 834. The van der Waals surface area contributed by atoms with Gasteiger partial charge in [-0.05, 0) is 97.7 Å². The lowest BCUT2D eigenvalue weighted by atomic mass is 9.41. The second-order valence-corrected chi connectivity index (χ2v) is 12.6. The highest BCUT2D eigenvalue weighted by atomic mass is 16.5. The summed E-state index contributed by atoms with van der Waals surface area (Å²) in [6.07, 6.45) is 9.19. The number of ether oxygens (including phenoxy) is 2. The van der Waals surface area contributed by atoms with Crippen LogP contribution in [0.2, 0.25) is 0 Å². The van der Waals surface area contributed by atoms with Gasteiger partial charge in [-0.2, -0.15) is 5.26 Å². The highest BCUT2D eigenvalue weighted by Gasteiger charge is 2.66. The maximum absolute atomic E-state index is 12.4. The second kappa shape index (κ2) is 9.47. The van der Waals surface area contributed by atoms with E-state index in [-0.39, 0.29) is 35.0 Å². The van der Waals surface area contributed by atoms with Crippen molar-refractivity contribution in [2.45, 2.75) is 112 Å². The molecule has 0 bridgehead atoms. The van der Waals surface area contributed by atoms with Gasteiger partial charge in [-0.15, -0.1) is 0 Å². The van der Waals surface area contributed by atoms with Crippen molar-refractivity contribution in [3.63, 3.8) is 0 Å². The Balaban J connectivity index is 1.71. The molecule has 4 fully saturated rings. The van der Waals surface area contributed by atoms with Crippen LogP contribution in [0.3, 0.4) is 0 Å². The lowest BCUT2D eigenvalue weighted by molar-refractivity contribution is -0.219. The summed E-state index contributed by atoms with van der Waals surface area (Å²) in [4.78, 5) is 24.1. The number of nitriles is 1. The van der Waals surface area contributed by atoms with Crippen molar-refractivity contribution < 1.29 is 19.1 Å². The van der Waals surface area contributed by atoms with E-state index in [4.69, 9.17) is 9.47 Å². The van der Waals surface area contributed by atoms with Gasteiger partial charge in [0, 0.05) is 26.2 Å². The fourth-order valence-electron chi connectivity index (χ4n) is 9.87. The lowest BCUT2D eigenvalue weighted by Gasteiger charge is -2.65. The van der Waals surface area contributed by atoms with E-state index in [1.54, 1.807) is 6.92 Å². The van der Waals surface area contributed by atoms with Gasteiger partial charge in [-0.1, -0.05) is 27.7 Å². The van der Waals surface area contributed by atoms with Gasteiger partial charge in [0.05, 0.1) is 6.07 Å². The number of hydrogen-bond acceptors (Lipinski definition) is 5. The van der Waals surface area contributed by atoms with Crippen LogP contribution in [0.5, 0.6) is 0 Å². The van der Waals surface area contributed by atoms with Crippen molar-refractivity contribution in [1.29, 1.82) is 5.26 Å². The minimum absolute atomic E-state index is 0.0179. The highest BCUT2D eigenvalue weighted by molar-refractivity contribution is 5.66. The molecule has 4 aliphatic rings. The van der Waals surface area contributed by atoms with E-state index in [0.717, 1.165) is 25.7 Å². The third-order valence-electron chi connectivity index (χ3n) is 11.1. The minimum Gasteiger partial charge on any atom is -0.463 e. The molecule has 5 heteroatoms. The van der Waals surface area contributed by atoms with Crippen LogP contribution < -0.4 is 0 Å². The third kappa shape index (κ3) is 4.07. The number of esters is 2. The average molecular weight is 472 g/mol. The van der Waals surface area contributed by atoms with Crippen LogP contribution in [0.15, 0.2) is 0 Å². The van der Waals surface area contributed by atoms with Crippen molar-refractivity contribution in [2.24, 2.45) is 52.3 Å². The molecule has 0 amide bonds. The smallest absolute Gasteiger partial charge is 0.302 e. The Morgan fingerprint density at radius 1 is 0.971 bits per heavy atom. The van der Waals surface area contributed by atoms with Gasteiger partial charge < -0.3 is 9.47 Å². The SMILES string of the molecule is CC[C@@H]1C2C[C@H](OC(C)=O)CC[C@@]2(C)[C@H]2CCC3(C)[C@@H]([C@H](C)CC#N)CC[C@H]3[C@@H]2[C@@H]1OC(C)=O. The van der Waals surface area contributed by atoms with Crippen LogP contribution in [0.4, 0.5) is 0 Å². The molecule has 0 spiro atoms. The van der Waals surface area contributed by atoms with E-state index in [9.17, 15) is 14.9 Å². The summed E-state index contributed by atoms with van der Waals surface area (Å²) in [5.74, 6) is 2.79. The van der Waals surface area contributed by atoms with Crippen molar-refractivity contribution in [3.8, 4) is 6.07 Å². The molecule has 4 saturated carbocycles. The molecular weight excluding hydrogens is 426 g/mol. The zero-order valence-electron chi connectivity index (χ0n) is 22.1. The van der Waals surface area contributed by atoms with Gasteiger partial charge in [-0.3, -0.25) is 9.59 Å². The molecule has 2 unspecified atom stereocenters. The van der Waals surface area contributed by atoms with Crippen LogP contribution in [-0.2, 0) is 19.1 Å². The standard InChI is InChI=1S/C29H45NO4/c1-7-21-25-16-20(33-18(3)31)10-13-29(25,6)24-11-14-28(5)22(17(2)12-15-30)8-9-23(28)26(24)27(21)34-19(4)32/h17,20-27H,7-14,16H2,1-6H3/t17-,20-,21-,22-,23+,24+,25?,26+,27-,28?,29+/m1/s1. The Morgan fingerprint density at radius 3 is 2.24 bits per heavy atom. The van der Waals surface area contributed by atoms with E-state index in [0.29, 0.717) is 47.8 Å². The summed E-state index contributed by atoms with van der Waals surface area (Å²) >= 11 is 0. The van der Waals surface area contributed by atoms with Gasteiger partial charge >= 0.3 is 11.9 Å². The van der Waals surface area contributed by atoms with E-state index >= 15 is 0 Å². The monoisotopic (exact) mass is 471 g/mol. The van der Waals surface area contributed by atoms with E-state index in [2.05, 4.69) is 33.8 Å². The molecule has 0 saturated heterocycles. The van der Waals surface area contributed by atoms with Crippen LogP contribution in [0.1, 0.15) is 99.3 Å². The van der Waals surface area contributed by atoms with Crippen LogP contribution in [0, 0.1) is 63.6 Å². The first-order valence-electron chi connectivity index (χ1n) is 13.8. The first kappa shape index (κ1) is 25.5. The molecule has 4 rings (SSSR count). The summed E-state index contributed by atoms with van der Waals surface area (Å²) in [7, 11) is 0. The number of carbonyl (C=O) groups is 2. The summed E-state index contributed by atoms with van der Waals surface area (Å²) in [5, 5.41) is 9.37. The van der Waals surface area contributed by atoms with Crippen LogP contribution in [-0.4, -0.2) is 24.1 Å². The molecule has 0 aromatic carbocycles. The fraction of sp³-hybridized carbons (Fsp3) is 0.897. The molecule has 0 aromatic heterocycles. The van der Waals surface area contributed by atoms with Gasteiger partial charge in [0.25, 0.3) is 0 Å². The third-order valence-corrected chi connectivity index (χ3v) is 11.1. The maximum atomic E-state index is 12.4. The van der Waals surface area contributed by atoms with Gasteiger partial charge in [0.15, 0.2) is 0 Å². The quantitative estimate of drug-likeness (QED) is 0.440. The Kier molecular flexibility index (Phi) is 7.11. The number of rotatable bonds is 5. The Hall–Kier alpha value is -1.57. The maximum Gasteiger partial charge on any atom is 0.302 e. The summed E-state index contributed by atoms with van der Waals surface area (Å²) in [6, 6.07) is 2.42. The second-order valence-electron chi connectivity index (χ2n) is 12.6. The Morgan fingerprint density at radius 2 is 1.62 bits per heavy atom. The predicted octanol–water partition coefficient (Wildman–Crippen LogP) is 6.30. The first-order valence-corrected chi connectivity index (χ1v) is 13.8. The van der Waals surface area contributed by atoms with Crippen molar-refractivity contribution in [3.05, 3.63) is 0 Å². The Labute approximate surface area is 206 Å². The van der Waals surface area contributed by atoms with Gasteiger partial charge in [0.1, 0.15) is 12.2 Å². The topological polar surface area (TPSA) is 76.4 Å². The van der Waals surface area contributed by atoms with E-state index in [1.165, 1.54) is 32.6 Å². The van der Waals surface area contributed by atoms with Crippen molar-refractivity contribution >= 4 is 11.9 Å². The lowest BCUT2D eigenvalue weighted by Crippen LogP contribution is -2.63. The normalized spacial score (nSPS) is 46.3. The summed E-state index contributed by atoms with van der Waals surface area (Å²) in [5.41, 5.74) is 0.405. The highest BCUT2D eigenvalue weighted by Crippen LogP contribution is 2.70. The number of carbonyl (C=O) groups excluding carboxylic acids is 2. The molecule has 4 aliphatic carbocycles. The molecule has 34 heavy (non-hydrogen) atoms. The molecule has 0 heterocycles. The average Bonchev–Trinajstić information content (AvgIpc) is 3.11. The molecule has 0 aliphatic heterocycles. The molecule has 190 valence electrons. The molecule has 0 aromatic rings. The number of hydrogen-bond donors (Lipinski definition) is 0. The van der Waals surface area contributed by atoms with Gasteiger partial charge in [0.2, 0.25) is 0 Å². The predicted molar refractivity (Wildman–Crippen MR) is 130 cm³/mol. The minimum atomic E-state index is -0.191. The number of fused-ring (bicyclic) bond motifs is 5. The van der Waals surface area contributed by atoms with Crippen LogP contribution in [0.25, 0.3) is 0 Å². The van der Waals surface area contributed by atoms with E-state index in [1.807, 2.05) is 0 Å². The van der Waals surface area contributed by atoms with Crippen LogP contribution >= 0.6 is 0 Å². The van der Waals surface area contributed by atoms with Crippen molar-refractivity contribution in [2.75, 3.05) is 0 Å². The first-order chi connectivity index (χ1) is 16.1. The molecule has 5 nitrogen and oxygen atoms in total. The zero-order valence-corrected chi connectivity index (χ0v) is 22.1. The van der Waals surface area contributed by atoms with Crippen molar-refractivity contribution in [1.82, 2.24) is 0 Å². The largest absolute Gasteiger partial charge is 0.463 e. The molecular formula is C29H45NO4. The fourth-order valence-corrected chi connectivity index (χ4v) is 9.87. The zero-order chi connectivity index (χ0) is 24.8. The summed E-state index contributed by atoms with van der Waals surface area (Å²) in [6.45, 7) is 12.6. The number of nitrogens with zero attached hydrogens (tertiary/aromatic N) is 1. The molecule has 0 radical (unpaired) electrons. The molecule has 11 atom stereocenters. The van der Waals surface area contributed by atoms with Gasteiger partial charge in [-0.25, -0.2) is 0 Å². The summed E-state index contributed by atoms with van der Waals surface area (Å²) < 4.78 is 12.0. The molecule has 0 N–H and O–H groups in total.